The number of nitrogens with zero attached hydrogens (tertiary/aromatic N) is 4. The molecule has 0 aliphatic carbocycles. The SMILES string of the molecule is CN(C)P(=NOc1ccc(Cl)cc1)(N(C)C)N(COc1ccccc1)C(Oc1ccccc1)(Oc1ccccc1)Oc1ccccc1. The maximum absolute atomic E-state index is 6.88. The Morgan fingerprint density at radius 2 is 0.915 bits per heavy atom. The van der Waals surface area contributed by atoms with Crippen molar-refractivity contribution in [2.24, 2.45) is 4.91 Å². The molecule has 0 bridgehead atoms. The summed E-state index contributed by atoms with van der Waals surface area (Å²) < 4.78 is 32.9. The molecule has 0 aliphatic rings. The highest BCUT2D eigenvalue weighted by Crippen LogP contribution is 2.60. The lowest BCUT2D eigenvalue weighted by atomic mass is 10.3. The topological polar surface area (TPSA) is 68.2 Å². The standard InChI is InChI=1S/C36H38ClN4O5P/c1-39(2)47(40(3)4,38-46-35-27-25-30(37)26-28-35)41(29-42-31-17-9-5-10-18-31)36(43-32-19-11-6-12-20-32,44-33-21-13-7-14-22-33)45-34-23-15-8-16-24-34/h5-28H,29H2,1-4H3. The maximum Gasteiger partial charge on any atom is 0.504 e. The zero-order valence-corrected chi connectivity index (χ0v) is 28.4. The highest BCUT2D eigenvalue weighted by molar-refractivity contribution is 7.59. The smallest absolute Gasteiger partial charge is 0.477 e. The van der Waals surface area contributed by atoms with Crippen molar-refractivity contribution >= 4 is 19.1 Å². The van der Waals surface area contributed by atoms with E-state index in [1.807, 2.05) is 164 Å². The fraction of sp³-hybridized carbons (Fsp3) is 0.167. The summed E-state index contributed by atoms with van der Waals surface area (Å²) in [5.74, 6) is 2.57. The number of hydrogen-bond donors (Lipinski definition) is 0. The molecular weight excluding hydrogens is 635 g/mol. The van der Waals surface area contributed by atoms with Crippen LogP contribution < -0.4 is 23.8 Å². The molecule has 0 saturated carbocycles. The summed E-state index contributed by atoms with van der Waals surface area (Å²) >= 11 is 6.17. The fourth-order valence-corrected chi connectivity index (χ4v) is 7.64. The van der Waals surface area contributed by atoms with Crippen molar-refractivity contribution in [3.05, 3.63) is 151 Å². The Labute approximate surface area is 281 Å². The third-order valence-electron chi connectivity index (χ3n) is 6.85. The molecule has 0 heterocycles. The van der Waals surface area contributed by atoms with Crippen molar-refractivity contribution in [1.82, 2.24) is 14.0 Å². The van der Waals surface area contributed by atoms with E-state index in [1.165, 1.54) is 0 Å². The monoisotopic (exact) mass is 672 g/mol. The first-order valence-corrected chi connectivity index (χ1v) is 16.9. The Bertz CT molecular complexity index is 1600. The van der Waals surface area contributed by atoms with Gasteiger partial charge in [-0.05, 0) is 101 Å². The lowest BCUT2D eigenvalue weighted by molar-refractivity contribution is -0.324. The molecule has 0 spiro atoms. The predicted octanol–water partition coefficient (Wildman–Crippen LogP) is 8.89. The Balaban J connectivity index is 1.78. The Kier molecular flexibility index (Phi) is 11.4. The molecule has 9 nitrogen and oxygen atoms in total. The van der Waals surface area contributed by atoms with Crippen molar-refractivity contribution in [2.45, 2.75) is 6.10 Å². The van der Waals surface area contributed by atoms with E-state index >= 15 is 0 Å². The molecule has 0 amide bonds. The van der Waals surface area contributed by atoms with Gasteiger partial charge >= 0.3 is 6.10 Å². The molecule has 5 aromatic rings. The summed E-state index contributed by atoms with van der Waals surface area (Å²) in [7, 11) is 4.42. The van der Waals surface area contributed by atoms with Crippen LogP contribution in [0.25, 0.3) is 0 Å². The maximum atomic E-state index is 6.88. The highest BCUT2D eigenvalue weighted by atomic mass is 35.5. The minimum Gasteiger partial charge on any atom is -0.477 e. The molecule has 0 saturated heterocycles. The number of para-hydroxylation sites is 4. The van der Waals surface area contributed by atoms with Crippen LogP contribution in [0, 0.1) is 0 Å². The van der Waals surface area contributed by atoms with Gasteiger partial charge in [-0.1, -0.05) is 94.0 Å². The molecule has 0 atom stereocenters. The van der Waals surface area contributed by atoms with Crippen LogP contribution in [-0.4, -0.2) is 55.0 Å². The van der Waals surface area contributed by atoms with Crippen molar-refractivity contribution in [3.8, 4) is 28.7 Å². The molecule has 11 heteroatoms. The fourth-order valence-electron chi connectivity index (χ4n) is 4.68. The van der Waals surface area contributed by atoms with Gasteiger partial charge in [0.2, 0.25) is 7.51 Å². The second-order valence-electron chi connectivity index (χ2n) is 10.6. The number of hydrogen-bond acceptors (Lipinski definition) is 6. The van der Waals surface area contributed by atoms with Crippen LogP contribution in [0.5, 0.6) is 28.7 Å². The second kappa shape index (κ2) is 15.9. The van der Waals surface area contributed by atoms with Crippen molar-refractivity contribution in [3.63, 3.8) is 0 Å². The molecule has 0 aromatic heterocycles. The van der Waals surface area contributed by atoms with E-state index in [0.29, 0.717) is 33.8 Å². The first-order valence-electron chi connectivity index (χ1n) is 14.9. The quantitative estimate of drug-likeness (QED) is 0.0621. The van der Waals surface area contributed by atoms with Gasteiger partial charge in [0.05, 0.1) is 0 Å². The van der Waals surface area contributed by atoms with Gasteiger partial charge < -0.3 is 23.8 Å². The Hall–Kier alpha value is -4.50. The molecule has 5 rings (SSSR count). The van der Waals surface area contributed by atoms with Crippen molar-refractivity contribution in [1.29, 1.82) is 0 Å². The summed E-state index contributed by atoms with van der Waals surface area (Å²) in [6.07, 6.45) is -2.02. The van der Waals surface area contributed by atoms with Crippen LogP contribution in [0.1, 0.15) is 0 Å². The van der Waals surface area contributed by atoms with Gasteiger partial charge in [-0.3, -0.25) is 0 Å². The van der Waals surface area contributed by atoms with Gasteiger partial charge in [-0.25, -0.2) is 9.34 Å². The molecule has 0 radical (unpaired) electrons. The number of rotatable bonds is 15. The van der Waals surface area contributed by atoms with E-state index in [1.54, 1.807) is 24.3 Å². The number of halogens is 1. The first kappa shape index (κ1) is 33.9. The first-order chi connectivity index (χ1) is 22.8. The van der Waals surface area contributed by atoms with Crippen LogP contribution in [0.15, 0.2) is 151 Å². The number of benzene rings is 5. The van der Waals surface area contributed by atoms with Gasteiger partial charge in [0.1, 0.15) is 23.0 Å². The normalized spacial score (nSPS) is 11.7. The van der Waals surface area contributed by atoms with Gasteiger partial charge in [-0.2, -0.15) is 0 Å². The highest BCUT2D eigenvalue weighted by Gasteiger charge is 2.57. The van der Waals surface area contributed by atoms with Crippen LogP contribution in [0.4, 0.5) is 0 Å². The summed E-state index contributed by atoms with van der Waals surface area (Å²) in [6.45, 7) is -0.103. The van der Waals surface area contributed by atoms with E-state index in [-0.39, 0.29) is 6.73 Å². The average molecular weight is 673 g/mol. The molecule has 244 valence electrons. The zero-order chi connectivity index (χ0) is 33.1. The van der Waals surface area contributed by atoms with Gasteiger partial charge in [-0.15, -0.1) is 0 Å². The summed E-state index contributed by atoms with van der Waals surface area (Å²) in [5, 5.41) is 0.583. The molecule has 0 unspecified atom stereocenters. The van der Waals surface area contributed by atoms with Crippen LogP contribution in [0.3, 0.4) is 0 Å². The minimum absolute atomic E-state index is 0.103. The third kappa shape index (κ3) is 8.46. The zero-order valence-electron chi connectivity index (χ0n) is 26.7. The largest absolute Gasteiger partial charge is 0.504 e. The predicted molar refractivity (Wildman–Crippen MR) is 187 cm³/mol. The van der Waals surface area contributed by atoms with E-state index in [4.69, 9.17) is 40.3 Å². The molecule has 47 heavy (non-hydrogen) atoms. The van der Waals surface area contributed by atoms with Crippen molar-refractivity contribution in [2.75, 3.05) is 34.9 Å². The van der Waals surface area contributed by atoms with Crippen LogP contribution >= 0.6 is 19.1 Å². The lowest BCUT2D eigenvalue weighted by Crippen LogP contribution is -2.63. The summed E-state index contributed by atoms with van der Waals surface area (Å²) in [4.78, 5) is 11.2. The summed E-state index contributed by atoms with van der Waals surface area (Å²) in [5.41, 5.74) is 0. The van der Waals surface area contributed by atoms with E-state index < -0.39 is 13.6 Å². The number of ether oxygens (including phenoxy) is 4. The molecule has 0 N–H and O–H groups in total. The van der Waals surface area contributed by atoms with Gasteiger partial charge in [0.25, 0.3) is 0 Å². The Morgan fingerprint density at radius 1 is 0.532 bits per heavy atom. The van der Waals surface area contributed by atoms with E-state index in [9.17, 15) is 0 Å². The molecular formula is C36H38ClN4O5P. The molecule has 0 aliphatic heterocycles. The van der Waals surface area contributed by atoms with Crippen LogP contribution in [-0.2, 0) is 0 Å². The molecule has 5 aromatic carbocycles. The van der Waals surface area contributed by atoms with Crippen molar-refractivity contribution < 1.29 is 23.8 Å². The van der Waals surface area contributed by atoms with E-state index in [0.717, 1.165) is 0 Å². The summed E-state index contributed by atoms with van der Waals surface area (Å²) in [6, 6.07) is 44.5. The third-order valence-corrected chi connectivity index (χ3v) is 10.6. The van der Waals surface area contributed by atoms with Gasteiger partial charge in [0, 0.05) is 5.02 Å². The second-order valence-corrected chi connectivity index (χ2v) is 14.4. The minimum atomic E-state index is -3.23. The Morgan fingerprint density at radius 3 is 1.30 bits per heavy atom. The lowest BCUT2D eigenvalue weighted by Gasteiger charge is -2.48. The van der Waals surface area contributed by atoms with Crippen LogP contribution in [0.2, 0.25) is 5.02 Å². The molecule has 0 fully saturated rings. The van der Waals surface area contributed by atoms with E-state index in [2.05, 4.69) is 0 Å². The van der Waals surface area contributed by atoms with Gasteiger partial charge in [0.15, 0.2) is 12.5 Å². The average Bonchev–Trinajstić information content (AvgIpc) is 3.08.